The van der Waals surface area contributed by atoms with Crippen LogP contribution < -0.4 is 0 Å². The molecule has 0 saturated heterocycles. The second-order valence-electron chi connectivity index (χ2n) is 4.96. The fourth-order valence-corrected chi connectivity index (χ4v) is 1.73. The Morgan fingerprint density at radius 3 is 2.80 bits per heavy atom. The van der Waals surface area contributed by atoms with Gasteiger partial charge in [0.25, 0.3) is 0 Å². The summed E-state index contributed by atoms with van der Waals surface area (Å²) in [6, 6.07) is 0. The minimum atomic E-state index is -0.0950. The molecule has 2 heterocycles. The van der Waals surface area contributed by atoms with Gasteiger partial charge in [0, 0.05) is 18.5 Å². The van der Waals surface area contributed by atoms with Crippen LogP contribution in [0.2, 0.25) is 0 Å². The van der Waals surface area contributed by atoms with Crippen LogP contribution in [0.25, 0.3) is 0 Å². The number of amidine groups is 1. The lowest BCUT2D eigenvalue weighted by atomic mass is 9.94. The average Bonchev–Trinajstić information content (AvgIpc) is 2.61. The standard InChI is InChI=1S/C10H17N5/c1-10(2,3)9(11)14-4-5-15-7-12-13-8(15)6-14/h7,11H,4-6H2,1-3H3. The Bertz CT molecular complexity index is 373. The molecule has 2 rings (SSSR count). The Labute approximate surface area is 89.6 Å². The van der Waals surface area contributed by atoms with E-state index in [0.717, 1.165) is 18.9 Å². The summed E-state index contributed by atoms with van der Waals surface area (Å²) < 4.78 is 2.05. The summed E-state index contributed by atoms with van der Waals surface area (Å²) in [5.41, 5.74) is -0.0950. The summed E-state index contributed by atoms with van der Waals surface area (Å²) in [6.07, 6.45) is 1.76. The van der Waals surface area contributed by atoms with Crippen LogP contribution in [0.5, 0.6) is 0 Å². The molecule has 5 heteroatoms. The van der Waals surface area contributed by atoms with Crippen molar-refractivity contribution in [3.05, 3.63) is 12.2 Å². The maximum absolute atomic E-state index is 8.10. The lowest BCUT2D eigenvalue weighted by Crippen LogP contribution is -2.43. The van der Waals surface area contributed by atoms with Gasteiger partial charge in [-0.05, 0) is 0 Å². The molecule has 0 atom stereocenters. The van der Waals surface area contributed by atoms with E-state index in [9.17, 15) is 0 Å². The van der Waals surface area contributed by atoms with Gasteiger partial charge in [0.15, 0.2) is 5.82 Å². The van der Waals surface area contributed by atoms with Crippen molar-refractivity contribution in [3.8, 4) is 0 Å². The van der Waals surface area contributed by atoms with Gasteiger partial charge >= 0.3 is 0 Å². The van der Waals surface area contributed by atoms with Crippen molar-refractivity contribution in [2.24, 2.45) is 5.41 Å². The van der Waals surface area contributed by atoms with E-state index < -0.39 is 0 Å². The molecule has 15 heavy (non-hydrogen) atoms. The first-order valence-corrected chi connectivity index (χ1v) is 5.19. The Balaban J connectivity index is 2.14. The van der Waals surface area contributed by atoms with E-state index in [1.807, 2.05) is 4.57 Å². The monoisotopic (exact) mass is 207 g/mol. The van der Waals surface area contributed by atoms with Gasteiger partial charge in [-0.3, -0.25) is 5.41 Å². The molecule has 0 fully saturated rings. The van der Waals surface area contributed by atoms with Crippen LogP contribution in [0.1, 0.15) is 26.6 Å². The van der Waals surface area contributed by atoms with Gasteiger partial charge in [-0.15, -0.1) is 10.2 Å². The summed E-state index contributed by atoms with van der Waals surface area (Å²) in [5, 5.41) is 16.0. The highest BCUT2D eigenvalue weighted by molar-refractivity contribution is 5.84. The molecule has 0 aromatic carbocycles. The van der Waals surface area contributed by atoms with E-state index in [2.05, 4.69) is 35.9 Å². The molecule has 1 aromatic rings. The highest BCUT2D eigenvalue weighted by Gasteiger charge is 2.26. The third-order valence-corrected chi connectivity index (χ3v) is 2.67. The maximum Gasteiger partial charge on any atom is 0.152 e. The molecule has 0 bridgehead atoms. The number of nitrogens with one attached hydrogen (secondary N) is 1. The van der Waals surface area contributed by atoms with Gasteiger partial charge in [0.05, 0.1) is 6.54 Å². The molecule has 1 aliphatic heterocycles. The smallest absolute Gasteiger partial charge is 0.152 e. The van der Waals surface area contributed by atoms with Crippen molar-refractivity contribution in [1.82, 2.24) is 19.7 Å². The molecule has 1 aliphatic rings. The van der Waals surface area contributed by atoms with E-state index >= 15 is 0 Å². The highest BCUT2D eigenvalue weighted by atomic mass is 15.3. The molecule has 1 aromatic heterocycles. The summed E-state index contributed by atoms with van der Waals surface area (Å²) >= 11 is 0. The molecule has 0 aliphatic carbocycles. The zero-order chi connectivity index (χ0) is 11.1. The fourth-order valence-electron chi connectivity index (χ4n) is 1.73. The van der Waals surface area contributed by atoms with Gasteiger partial charge in [-0.25, -0.2) is 0 Å². The van der Waals surface area contributed by atoms with Crippen molar-refractivity contribution in [2.75, 3.05) is 6.54 Å². The quantitative estimate of drug-likeness (QED) is 0.512. The van der Waals surface area contributed by atoms with E-state index in [4.69, 9.17) is 5.41 Å². The van der Waals surface area contributed by atoms with E-state index in [0.29, 0.717) is 12.4 Å². The lowest BCUT2D eigenvalue weighted by Gasteiger charge is -2.34. The Morgan fingerprint density at radius 1 is 1.40 bits per heavy atom. The van der Waals surface area contributed by atoms with Crippen molar-refractivity contribution in [2.45, 2.75) is 33.9 Å². The lowest BCUT2D eigenvalue weighted by molar-refractivity contribution is 0.298. The molecule has 82 valence electrons. The molecule has 0 amide bonds. The van der Waals surface area contributed by atoms with Gasteiger partial charge in [0.1, 0.15) is 12.2 Å². The molecule has 5 nitrogen and oxygen atoms in total. The topological polar surface area (TPSA) is 57.8 Å². The summed E-state index contributed by atoms with van der Waals surface area (Å²) in [7, 11) is 0. The number of aromatic nitrogens is 3. The predicted molar refractivity (Wildman–Crippen MR) is 57.6 cm³/mol. The minimum Gasteiger partial charge on any atom is -0.351 e. The number of hydrogen-bond donors (Lipinski definition) is 1. The Morgan fingerprint density at radius 2 is 2.13 bits per heavy atom. The third kappa shape index (κ3) is 1.86. The molecule has 0 unspecified atom stereocenters. The van der Waals surface area contributed by atoms with Gasteiger partial charge < -0.3 is 9.47 Å². The van der Waals surface area contributed by atoms with E-state index in [1.54, 1.807) is 6.33 Å². The second-order valence-corrected chi connectivity index (χ2v) is 4.96. The van der Waals surface area contributed by atoms with Crippen LogP contribution in [0, 0.1) is 10.8 Å². The van der Waals surface area contributed by atoms with Crippen molar-refractivity contribution in [3.63, 3.8) is 0 Å². The van der Waals surface area contributed by atoms with Crippen molar-refractivity contribution >= 4 is 5.84 Å². The molecular weight excluding hydrogens is 190 g/mol. The van der Waals surface area contributed by atoms with E-state index in [-0.39, 0.29) is 5.41 Å². The zero-order valence-corrected chi connectivity index (χ0v) is 9.49. The van der Waals surface area contributed by atoms with Crippen LogP contribution in [-0.4, -0.2) is 32.0 Å². The molecule has 0 spiro atoms. The fraction of sp³-hybridized carbons (Fsp3) is 0.700. The molecule has 1 N–H and O–H groups in total. The van der Waals surface area contributed by atoms with Crippen molar-refractivity contribution in [1.29, 1.82) is 5.41 Å². The first-order valence-electron chi connectivity index (χ1n) is 5.19. The van der Waals surface area contributed by atoms with Crippen LogP contribution in [-0.2, 0) is 13.1 Å². The van der Waals surface area contributed by atoms with Gasteiger partial charge in [-0.1, -0.05) is 20.8 Å². The van der Waals surface area contributed by atoms with Crippen molar-refractivity contribution < 1.29 is 0 Å². The highest BCUT2D eigenvalue weighted by Crippen LogP contribution is 2.20. The second kappa shape index (κ2) is 3.32. The predicted octanol–water partition coefficient (Wildman–Crippen LogP) is 1.12. The summed E-state index contributed by atoms with van der Waals surface area (Å²) in [5.74, 6) is 1.63. The zero-order valence-electron chi connectivity index (χ0n) is 9.49. The first kappa shape index (κ1) is 10.1. The molecule has 0 radical (unpaired) electrons. The molecular formula is C10H17N5. The van der Waals surface area contributed by atoms with Gasteiger partial charge in [0.2, 0.25) is 0 Å². The number of nitrogens with zero attached hydrogens (tertiary/aromatic N) is 4. The number of hydrogen-bond acceptors (Lipinski definition) is 3. The maximum atomic E-state index is 8.10. The van der Waals surface area contributed by atoms with Gasteiger partial charge in [-0.2, -0.15) is 0 Å². The largest absolute Gasteiger partial charge is 0.351 e. The number of rotatable bonds is 0. The molecule has 0 saturated carbocycles. The summed E-state index contributed by atoms with van der Waals surface area (Å²) in [6.45, 7) is 8.65. The minimum absolute atomic E-state index is 0.0950. The number of fused-ring (bicyclic) bond motifs is 1. The van der Waals surface area contributed by atoms with E-state index in [1.165, 1.54) is 0 Å². The average molecular weight is 207 g/mol. The summed E-state index contributed by atoms with van der Waals surface area (Å²) in [4.78, 5) is 2.07. The van der Waals surface area contributed by atoms with Crippen LogP contribution >= 0.6 is 0 Å². The first-order chi connectivity index (χ1) is 6.98. The Kier molecular flexibility index (Phi) is 2.25. The SMILES string of the molecule is CC(C)(C)C(=N)N1CCn2cnnc2C1. The van der Waals surface area contributed by atoms with Crippen LogP contribution in [0.15, 0.2) is 6.33 Å². The Hall–Kier alpha value is -1.39. The van der Waals surface area contributed by atoms with Crippen LogP contribution in [0.4, 0.5) is 0 Å². The normalized spacial score (nSPS) is 16.3. The van der Waals surface area contributed by atoms with Crippen LogP contribution in [0.3, 0.4) is 0 Å². The third-order valence-electron chi connectivity index (χ3n) is 2.67.